The number of amides is 1. The molecule has 0 aliphatic rings. The maximum atomic E-state index is 11.3. The Labute approximate surface area is 89.0 Å². The van der Waals surface area contributed by atoms with Gasteiger partial charge in [0, 0.05) is 0 Å². The van der Waals surface area contributed by atoms with Crippen molar-refractivity contribution < 1.29 is 14.7 Å². The number of rotatable bonds is 7. The van der Waals surface area contributed by atoms with Crippen LogP contribution in [0.3, 0.4) is 0 Å². The average Bonchev–Trinajstić information content (AvgIpc) is 2.17. The molecule has 6 N–H and O–H groups in total. The molecule has 0 aromatic carbocycles. The number of carboxylic acid groups (broad SMARTS) is 1. The first kappa shape index (κ1) is 13.9. The van der Waals surface area contributed by atoms with Crippen LogP contribution in [0.5, 0.6) is 0 Å². The van der Waals surface area contributed by atoms with Crippen LogP contribution in [0.1, 0.15) is 26.2 Å². The summed E-state index contributed by atoms with van der Waals surface area (Å²) in [5.74, 6) is -1.50. The van der Waals surface area contributed by atoms with Crippen LogP contribution in [0, 0.1) is 0 Å². The molecule has 0 aliphatic carbocycles. The van der Waals surface area contributed by atoms with Crippen molar-refractivity contribution in [2.24, 2.45) is 11.5 Å². The molecule has 6 nitrogen and oxygen atoms in total. The number of hydrogen-bond acceptors (Lipinski definition) is 4. The Hall–Kier alpha value is -1.14. The number of carboxylic acids is 1. The molecule has 0 saturated heterocycles. The van der Waals surface area contributed by atoms with E-state index in [4.69, 9.17) is 16.6 Å². The van der Waals surface area contributed by atoms with Crippen molar-refractivity contribution in [2.75, 3.05) is 6.54 Å². The highest BCUT2D eigenvalue weighted by atomic mass is 16.4. The summed E-state index contributed by atoms with van der Waals surface area (Å²) < 4.78 is 0. The molecule has 88 valence electrons. The third-order valence-corrected chi connectivity index (χ3v) is 2.04. The predicted molar refractivity (Wildman–Crippen MR) is 56.1 cm³/mol. The molecular weight excluding hydrogens is 198 g/mol. The van der Waals surface area contributed by atoms with E-state index in [0.717, 1.165) is 12.8 Å². The summed E-state index contributed by atoms with van der Waals surface area (Å²) in [7, 11) is 0. The fraction of sp³-hybridized carbons (Fsp3) is 0.778. The lowest BCUT2D eigenvalue weighted by Crippen LogP contribution is -2.47. The Morgan fingerprint density at radius 1 is 1.40 bits per heavy atom. The van der Waals surface area contributed by atoms with E-state index >= 15 is 0 Å². The average molecular weight is 217 g/mol. The fourth-order valence-corrected chi connectivity index (χ4v) is 1.02. The van der Waals surface area contributed by atoms with E-state index in [9.17, 15) is 9.59 Å². The lowest BCUT2D eigenvalue weighted by molar-refractivity contribution is -0.141. The van der Waals surface area contributed by atoms with Gasteiger partial charge in [-0.2, -0.15) is 0 Å². The number of aliphatic carboxylic acids is 1. The summed E-state index contributed by atoms with van der Waals surface area (Å²) in [6, 6.07) is -1.56. The van der Waals surface area contributed by atoms with Gasteiger partial charge in [0.15, 0.2) is 0 Å². The zero-order chi connectivity index (χ0) is 11.8. The number of carbonyl (C=O) groups excluding carboxylic acids is 1. The summed E-state index contributed by atoms with van der Waals surface area (Å²) in [5.41, 5.74) is 10.9. The molecule has 0 aromatic rings. The van der Waals surface area contributed by atoms with E-state index in [0.29, 0.717) is 13.0 Å². The van der Waals surface area contributed by atoms with Crippen molar-refractivity contribution in [3.8, 4) is 0 Å². The normalized spacial score (nSPS) is 14.3. The second-order valence-corrected chi connectivity index (χ2v) is 3.46. The Morgan fingerprint density at radius 3 is 2.47 bits per heavy atom. The summed E-state index contributed by atoms with van der Waals surface area (Å²) in [6.45, 7) is 1.96. The molecule has 0 spiro atoms. The Balaban J connectivity index is 3.83. The van der Waals surface area contributed by atoms with E-state index in [-0.39, 0.29) is 0 Å². The third-order valence-electron chi connectivity index (χ3n) is 2.04. The van der Waals surface area contributed by atoms with Gasteiger partial charge >= 0.3 is 5.97 Å². The van der Waals surface area contributed by atoms with Crippen LogP contribution in [0.25, 0.3) is 0 Å². The molecule has 0 fully saturated rings. The van der Waals surface area contributed by atoms with Crippen molar-refractivity contribution >= 4 is 11.9 Å². The highest BCUT2D eigenvalue weighted by Gasteiger charge is 2.18. The van der Waals surface area contributed by atoms with E-state index < -0.39 is 24.0 Å². The van der Waals surface area contributed by atoms with Gasteiger partial charge in [0.25, 0.3) is 0 Å². The second-order valence-electron chi connectivity index (χ2n) is 3.46. The second kappa shape index (κ2) is 7.19. The molecule has 0 saturated carbocycles. The van der Waals surface area contributed by atoms with E-state index in [1.807, 2.05) is 0 Å². The van der Waals surface area contributed by atoms with Crippen LogP contribution in [0.4, 0.5) is 0 Å². The van der Waals surface area contributed by atoms with Gasteiger partial charge in [-0.1, -0.05) is 6.42 Å². The van der Waals surface area contributed by atoms with Crippen LogP contribution in [0.15, 0.2) is 0 Å². The summed E-state index contributed by atoms with van der Waals surface area (Å²) in [5, 5.41) is 10.9. The molecule has 6 heteroatoms. The summed E-state index contributed by atoms with van der Waals surface area (Å²) in [4.78, 5) is 21.8. The largest absolute Gasteiger partial charge is 0.480 e. The zero-order valence-corrected chi connectivity index (χ0v) is 8.90. The van der Waals surface area contributed by atoms with Crippen LogP contribution >= 0.6 is 0 Å². The predicted octanol–water partition coefficient (Wildman–Crippen LogP) is -0.968. The topological polar surface area (TPSA) is 118 Å². The van der Waals surface area contributed by atoms with E-state index in [2.05, 4.69) is 5.32 Å². The number of carbonyl (C=O) groups is 2. The Morgan fingerprint density at radius 2 is 2.00 bits per heavy atom. The molecule has 2 atom stereocenters. The van der Waals surface area contributed by atoms with E-state index in [1.165, 1.54) is 6.92 Å². The van der Waals surface area contributed by atoms with Crippen molar-refractivity contribution in [2.45, 2.75) is 38.3 Å². The van der Waals surface area contributed by atoms with Crippen LogP contribution in [-0.4, -0.2) is 35.6 Å². The van der Waals surface area contributed by atoms with Crippen molar-refractivity contribution in [3.05, 3.63) is 0 Å². The van der Waals surface area contributed by atoms with Crippen LogP contribution in [-0.2, 0) is 9.59 Å². The first-order chi connectivity index (χ1) is 6.99. The number of hydrogen-bond donors (Lipinski definition) is 4. The lowest BCUT2D eigenvalue weighted by atomic mass is 10.1. The molecule has 0 aliphatic heterocycles. The molecule has 0 heterocycles. The SMILES string of the molecule is C[C@H](NC(=O)C(N)CCCCN)C(=O)O. The highest BCUT2D eigenvalue weighted by molar-refractivity contribution is 5.86. The first-order valence-corrected chi connectivity index (χ1v) is 4.98. The summed E-state index contributed by atoms with van der Waals surface area (Å²) >= 11 is 0. The van der Waals surface area contributed by atoms with Crippen molar-refractivity contribution in [1.82, 2.24) is 5.32 Å². The number of unbranched alkanes of at least 4 members (excludes halogenated alkanes) is 1. The molecule has 0 rings (SSSR count). The Kier molecular flexibility index (Phi) is 6.64. The quantitative estimate of drug-likeness (QED) is 0.409. The van der Waals surface area contributed by atoms with Gasteiger partial charge in [0.05, 0.1) is 6.04 Å². The number of nitrogens with one attached hydrogen (secondary N) is 1. The maximum absolute atomic E-state index is 11.3. The first-order valence-electron chi connectivity index (χ1n) is 4.98. The number of nitrogens with two attached hydrogens (primary N) is 2. The molecule has 0 bridgehead atoms. The van der Waals surface area contributed by atoms with Gasteiger partial charge < -0.3 is 21.9 Å². The van der Waals surface area contributed by atoms with Gasteiger partial charge in [-0.15, -0.1) is 0 Å². The molecule has 0 radical (unpaired) electrons. The minimum absolute atomic E-state index is 0.429. The van der Waals surface area contributed by atoms with Gasteiger partial charge in [-0.3, -0.25) is 9.59 Å². The Bertz CT molecular complexity index is 221. The van der Waals surface area contributed by atoms with E-state index in [1.54, 1.807) is 0 Å². The monoisotopic (exact) mass is 217 g/mol. The van der Waals surface area contributed by atoms with Crippen molar-refractivity contribution in [3.63, 3.8) is 0 Å². The maximum Gasteiger partial charge on any atom is 0.325 e. The summed E-state index contributed by atoms with van der Waals surface area (Å²) in [6.07, 6.45) is 2.11. The minimum atomic E-state index is -1.07. The van der Waals surface area contributed by atoms with Gasteiger partial charge in [-0.25, -0.2) is 0 Å². The van der Waals surface area contributed by atoms with Crippen LogP contribution in [0.2, 0.25) is 0 Å². The minimum Gasteiger partial charge on any atom is -0.480 e. The van der Waals surface area contributed by atoms with Crippen molar-refractivity contribution in [1.29, 1.82) is 0 Å². The van der Waals surface area contributed by atoms with Gasteiger partial charge in [-0.05, 0) is 26.3 Å². The molecule has 0 aromatic heterocycles. The third kappa shape index (κ3) is 6.03. The molecular formula is C9H19N3O3. The standard InChI is InChI=1S/C9H19N3O3/c1-6(9(14)15)12-8(13)7(11)4-2-3-5-10/h6-7H,2-5,10-11H2,1H3,(H,12,13)(H,14,15)/t6-,7?/m0/s1. The highest BCUT2D eigenvalue weighted by Crippen LogP contribution is 1.98. The van der Waals surface area contributed by atoms with Gasteiger partial charge in [0.1, 0.15) is 6.04 Å². The van der Waals surface area contributed by atoms with Gasteiger partial charge in [0.2, 0.25) is 5.91 Å². The zero-order valence-electron chi connectivity index (χ0n) is 8.90. The molecule has 15 heavy (non-hydrogen) atoms. The molecule has 1 unspecified atom stereocenters. The lowest BCUT2D eigenvalue weighted by Gasteiger charge is -2.14. The van der Waals surface area contributed by atoms with Crippen LogP contribution < -0.4 is 16.8 Å². The smallest absolute Gasteiger partial charge is 0.325 e. The molecule has 1 amide bonds. The fourth-order valence-electron chi connectivity index (χ4n) is 1.02.